The van der Waals surface area contributed by atoms with Crippen LogP contribution >= 0.6 is 0 Å². The summed E-state index contributed by atoms with van der Waals surface area (Å²) in [6.07, 6.45) is 0.571. The Kier molecular flexibility index (Phi) is 4.48. The summed E-state index contributed by atoms with van der Waals surface area (Å²) < 4.78 is 19.2. The molecular formula is C16H15FO3. The summed E-state index contributed by atoms with van der Waals surface area (Å²) in [7, 11) is 0. The Bertz CT molecular complexity index is 606. The van der Waals surface area contributed by atoms with Crippen molar-refractivity contribution in [3.8, 4) is 11.5 Å². The van der Waals surface area contributed by atoms with Gasteiger partial charge in [0.15, 0.2) is 17.3 Å². The van der Waals surface area contributed by atoms with Crippen molar-refractivity contribution in [1.29, 1.82) is 0 Å². The number of Topliss-reactive ketones (excluding diaryl/α,β-unsaturated/α-hetero) is 1. The molecular weight excluding hydrogens is 259 g/mol. The lowest BCUT2D eigenvalue weighted by atomic mass is 10.1. The number of ether oxygens (including phenoxy) is 1. The summed E-state index contributed by atoms with van der Waals surface area (Å²) in [6.45, 7) is 1.47. The molecule has 3 nitrogen and oxygen atoms in total. The van der Waals surface area contributed by atoms with Crippen molar-refractivity contribution in [2.45, 2.75) is 13.3 Å². The summed E-state index contributed by atoms with van der Waals surface area (Å²) in [5.41, 5.74) is 1.29. The van der Waals surface area contributed by atoms with Crippen LogP contribution in [0.5, 0.6) is 11.5 Å². The Hall–Kier alpha value is -2.20. The number of carbonyl (C=O) groups is 1. The van der Waals surface area contributed by atoms with Gasteiger partial charge in [-0.15, -0.1) is 0 Å². The molecule has 2 aromatic carbocycles. The fourth-order valence-electron chi connectivity index (χ4n) is 1.78. The summed E-state index contributed by atoms with van der Waals surface area (Å²) in [4.78, 5) is 11.1. The van der Waals surface area contributed by atoms with Crippen molar-refractivity contribution in [2.75, 3.05) is 6.61 Å². The van der Waals surface area contributed by atoms with E-state index in [1.54, 1.807) is 12.1 Å². The average molecular weight is 274 g/mol. The maximum absolute atomic E-state index is 13.8. The molecule has 0 aliphatic carbocycles. The lowest BCUT2D eigenvalue weighted by Gasteiger charge is -2.08. The van der Waals surface area contributed by atoms with E-state index in [-0.39, 0.29) is 18.1 Å². The lowest BCUT2D eigenvalue weighted by molar-refractivity contribution is 0.101. The second-order valence-electron chi connectivity index (χ2n) is 4.42. The zero-order chi connectivity index (χ0) is 14.5. The van der Waals surface area contributed by atoms with E-state index < -0.39 is 5.82 Å². The Morgan fingerprint density at radius 1 is 1.20 bits per heavy atom. The van der Waals surface area contributed by atoms with E-state index in [9.17, 15) is 9.18 Å². The molecule has 0 bridgehead atoms. The number of aliphatic hydroxyl groups is 1. The van der Waals surface area contributed by atoms with E-state index in [0.29, 0.717) is 17.7 Å². The molecule has 0 unspecified atom stereocenters. The van der Waals surface area contributed by atoms with Gasteiger partial charge in [0.05, 0.1) is 0 Å². The number of benzene rings is 2. The van der Waals surface area contributed by atoms with E-state index in [1.165, 1.54) is 19.1 Å². The van der Waals surface area contributed by atoms with E-state index >= 15 is 0 Å². The van der Waals surface area contributed by atoms with E-state index in [1.807, 2.05) is 12.1 Å². The summed E-state index contributed by atoms with van der Waals surface area (Å²) in [5, 5.41) is 8.82. The van der Waals surface area contributed by atoms with Gasteiger partial charge in [0.1, 0.15) is 5.75 Å². The number of halogens is 1. The highest BCUT2D eigenvalue weighted by Crippen LogP contribution is 2.25. The molecule has 0 fully saturated rings. The molecule has 2 rings (SSSR count). The standard InChI is InChI=1S/C16H15FO3/c1-11(19)13-4-7-16(15(17)10-13)20-14-5-2-12(3-6-14)8-9-18/h2-7,10,18H,8-9H2,1H3. The molecule has 0 aliphatic rings. The monoisotopic (exact) mass is 274 g/mol. The topological polar surface area (TPSA) is 46.5 Å². The van der Waals surface area contributed by atoms with Crippen LogP contribution in [-0.2, 0) is 6.42 Å². The smallest absolute Gasteiger partial charge is 0.166 e. The lowest BCUT2D eigenvalue weighted by Crippen LogP contribution is -1.95. The molecule has 0 aromatic heterocycles. The van der Waals surface area contributed by atoms with Crippen molar-refractivity contribution < 1.29 is 19.0 Å². The van der Waals surface area contributed by atoms with Gasteiger partial charge in [-0.2, -0.15) is 0 Å². The van der Waals surface area contributed by atoms with Gasteiger partial charge in [-0.1, -0.05) is 12.1 Å². The first-order valence-electron chi connectivity index (χ1n) is 6.28. The molecule has 1 N–H and O–H groups in total. The number of hydrogen-bond donors (Lipinski definition) is 1. The summed E-state index contributed by atoms with van der Waals surface area (Å²) in [6, 6.07) is 11.2. The SMILES string of the molecule is CC(=O)c1ccc(Oc2ccc(CCO)cc2)c(F)c1. The van der Waals surface area contributed by atoms with Gasteiger partial charge in [-0.25, -0.2) is 4.39 Å². The van der Waals surface area contributed by atoms with E-state index in [4.69, 9.17) is 9.84 Å². The van der Waals surface area contributed by atoms with Gasteiger partial charge < -0.3 is 9.84 Å². The zero-order valence-electron chi connectivity index (χ0n) is 11.1. The van der Waals surface area contributed by atoms with Crippen LogP contribution in [0.25, 0.3) is 0 Å². The van der Waals surface area contributed by atoms with Crippen LogP contribution < -0.4 is 4.74 Å². The number of carbonyl (C=O) groups excluding carboxylic acids is 1. The van der Waals surface area contributed by atoms with E-state index in [2.05, 4.69) is 0 Å². The highest BCUT2D eigenvalue weighted by molar-refractivity contribution is 5.94. The highest BCUT2D eigenvalue weighted by atomic mass is 19.1. The van der Waals surface area contributed by atoms with Crippen molar-refractivity contribution in [1.82, 2.24) is 0 Å². The Morgan fingerprint density at radius 3 is 2.45 bits per heavy atom. The van der Waals surface area contributed by atoms with Crippen LogP contribution in [0.15, 0.2) is 42.5 Å². The number of aliphatic hydroxyl groups excluding tert-OH is 1. The first kappa shape index (κ1) is 14.2. The Labute approximate surface area is 116 Å². The minimum absolute atomic E-state index is 0.0740. The third-order valence-corrected chi connectivity index (χ3v) is 2.89. The van der Waals surface area contributed by atoms with Gasteiger partial charge in [-0.05, 0) is 49.2 Å². The number of hydrogen-bond acceptors (Lipinski definition) is 3. The molecule has 0 amide bonds. The van der Waals surface area contributed by atoms with Gasteiger partial charge in [-0.3, -0.25) is 4.79 Å². The van der Waals surface area contributed by atoms with Gasteiger partial charge in [0.2, 0.25) is 0 Å². The first-order valence-corrected chi connectivity index (χ1v) is 6.28. The van der Waals surface area contributed by atoms with Crippen molar-refractivity contribution >= 4 is 5.78 Å². The highest BCUT2D eigenvalue weighted by Gasteiger charge is 2.08. The molecule has 2 aromatic rings. The maximum Gasteiger partial charge on any atom is 0.166 e. The van der Waals surface area contributed by atoms with Crippen LogP contribution in [0.2, 0.25) is 0 Å². The zero-order valence-corrected chi connectivity index (χ0v) is 11.1. The first-order chi connectivity index (χ1) is 9.60. The molecule has 0 aliphatic heterocycles. The molecule has 0 atom stereocenters. The van der Waals surface area contributed by atoms with E-state index in [0.717, 1.165) is 11.6 Å². The van der Waals surface area contributed by atoms with Crippen molar-refractivity contribution in [3.63, 3.8) is 0 Å². The molecule has 4 heteroatoms. The predicted octanol–water partition coefficient (Wildman–Crippen LogP) is 3.36. The number of rotatable bonds is 5. The third kappa shape index (κ3) is 3.42. The van der Waals surface area contributed by atoms with Gasteiger partial charge in [0.25, 0.3) is 0 Å². The molecule has 0 spiro atoms. The molecule has 0 saturated heterocycles. The normalized spacial score (nSPS) is 10.3. The van der Waals surface area contributed by atoms with Crippen LogP contribution in [0.1, 0.15) is 22.8 Å². The second kappa shape index (κ2) is 6.30. The number of ketones is 1. The maximum atomic E-state index is 13.8. The van der Waals surface area contributed by atoms with Crippen LogP contribution in [0.3, 0.4) is 0 Å². The third-order valence-electron chi connectivity index (χ3n) is 2.89. The minimum Gasteiger partial charge on any atom is -0.454 e. The fraction of sp³-hybridized carbons (Fsp3) is 0.188. The van der Waals surface area contributed by atoms with Gasteiger partial charge in [0, 0.05) is 12.2 Å². The average Bonchev–Trinajstić information content (AvgIpc) is 2.43. The van der Waals surface area contributed by atoms with Crippen molar-refractivity contribution in [3.05, 3.63) is 59.4 Å². The summed E-state index contributed by atoms with van der Waals surface area (Å²) >= 11 is 0. The quantitative estimate of drug-likeness (QED) is 0.850. The summed E-state index contributed by atoms with van der Waals surface area (Å²) in [5.74, 6) is -0.188. The van der Waals surface area contributed by atoms with Crippen LogP contribution in [0, 0.1) is 5.82 Å². The Balaban J connectivity index is 2.15. The molecule has 0 radical (unpaired) electrons. The van der Waals surface area contributed by atoms with Crippen molar-refractivity contribution in [2.24, 2.45) is 0 Å². The van der Waals surface area contributed by atoms with Crippen LogP contribution in [0.4, 0.5) is 4.39 Å². The Morgan fingerprint density at radius 2 is 1.90 bits per heavy atom. The fourth-order valence-corrected chi connectivity index (χ4v) is 1.78. The largest absolute Gasteiger partial charge is 0.454 e. The molecule has 0 heterocycles. The molecule has 104 valence electrons. The minimum atomic E-state index is -0.572. The molecule has 0 saturated carbocycles. The predicted molar refractivity (Wildman–Crippen MR) is 73.7 cm³/mol. The molecule has 20 heavy (non-hydrogen) atoms. The van der Waals surface area contributed by atoms with Crippen LogP contribution in [-0.4, -0.2) is 17.5 Å². The van der Waals surface area contributed by atoms with Gasteiger partial charge >= 0.3 is 0 Å². The second-order valence-corrected chi connectivity index (χ2v) is 4.42.